The van der Waals surface area contributed by atoms with Crippen molar-refractivity contribution in [3.05, 3.63) is 400 Å². The van der Waals surface area contributed by atoms with Crippen molar-refractivity contribution < 1.29 is 8.83 Å². The van der Waals surface area contributed by atoms with Crippen LogP contribution in [0.4, 0.5) is 0 Å². The highest BCUT2D eigenvalue weighted by Gasteiger charge is 2.25. The molecule has 8 heteroatoms. The molecule has 0 amide bonds. The number of para-hydroxylation sites is 2. The molecule has 16 aromatic carbocycles. The lowest BCUT2D eigenvalue weighted by atomic mass is 9.94. The van der Waals surface area contributed by atoms with Crippen molar-refractivity contribution >= 4 is 87.2 Å². The molecule has 0 atom stereocenters. The quantitative estimate of drug-likeness (QED) is 0.119. The number of furan rings is 2. The second-order valence-corrected chi connectivity index (χ2v) is 28.7. The van der Waals surface area contributed by atoms with Crippen LogP contribution in [-0.2, 0) is 0 Å². The Morgan fingerprint density at radius 2 is 0.447 bits per heavy atom. The van der Waals surface area contributed by atoms with Crippen LogP contribution < -0.4 is 0 Å². The van der Waals surface area contributed by atoms with Crippen molar-refractivity contribution in [1.29, 1.82) is 0 Å². The van der Waals surface area contributed by atoms with Gasteiger partial charge in [0, 0.05) is 55.3 Å². The molecule has 0 fully saturated rings. The normalized spacial score (nSPS) is 11.5. The van der Waals surface area contributed by atoms with Gasteiger partial charge >= 0.3 is 0 Å². The number of fused-ring (bicyclic) bond motifs is 12. The van der Waals surface area contributed by atoms with Gasteiger partial charge in [-0.2, -0.15) is 0 Å². The van der Waals surface area contributed by atoms with Gasteiger partial charge in [-0.3, -0.25) is 0 Å². The largest absolute Gasteiger partial charge is 0.455 e. The fourth-order valence-corrected chi connectivity index (χ4v) is 16.2. The minimum atomic E-state index is 0.685. The number of hydrogen-bond donors (Lipinski definition) is 0. The van der Waals surface area contributed by atoms with Gasteiger partial charge in [0.2, 0.25) is 0 Å². The summed E-state index contributed by atoms with van der Waals surface area (Å²) < 4.78 is 13.6. The third-order valence-corrected chi connectivity index (χ3v) is 21.8. The maximum atomic E-state index is 6.78. The minimum absolute atomic E-state index is 0.685. The first kappa shape index (κ1) is 66.8. The van der Waals surface area contributed by atoms with Crippen molar-refractivity contribution in [3.8, 4) is 135 Å². The Morgan fingerprint density at radius 1 is 0.175 bits per heavy atom. The molecule has 6 heterocycles. The third kappa shape index (κ3) is 12.2. The molecular weight excluding hydrogens is 1390 g/mol. The average molecular weight is 1460 g/mol. The molecule has 0 saturated carbocycles. The van der Waals surface area contributed by atoms with Crippen molar-refractivity contribution in [2.75, 3.05) is 0 Å². The SMILES string of the molecule is c1ccc(-c2ccc(-c3cc(-c4ccc(-c5cccc6nc(-c7cccc8ccccc78)c7c8ccccc8oc7c56)cc4)nc(-c4ccccc4)n3)cc2)cc1.c1ccc(-c2ccc(-c3nc(-c4ccccc4)cc(-c4ccc(-c5cccc6nc(-c7cccc8ccccc78)c7c8ccccc8oc7c56)cc4)n3)cc2)cc1. The van der Waals surface area contributed by atoms with E-state index in [9.17, 15) is 0 Å². The van der Waals surface area contributed by atoms with E-state index in [0.717, 1.165) is 183 Å². The van der Waals surface area contributed by atoms with Crippen LogP contribution in [0.5, 0.6) is 0 Å². The number of benzene rings is 16. The van der Waals surface area contributed by atoms with Crippen LogP contribution in [0.1, 0.15) is 0 Å². The fourth-order valence-electron chi connectivity index (χ4n) is 16.2. The first-order valence-corrected chi connectivity index (χ1v) is 38.4. The molecule has 0 radical (unpaired) electrons. The Balaban J connectivity index is 0.000000143. The van der Waals surface area contributed by atoms with E-state index in [4.69, 9.17) is 38.7 Å². The molecule has 22 rings (SSSR count). The zero-order chi connectivity index (χ0) is 75.4. The monoisotopic (exact) mass is 1450 g/mol. The highest BCUT2D eigenvalue weighted by Crippen LogP contribution is 2.47. The van der Waals surface area contributed by atoms with Gasteiger partial charge in [-0.1, -0.05) is 364 Å². The van der Waals surface area contributed by atoms with E-state index in [1.807, 2.05) is 72.8 Å². The van der Waals surface area contributed by atoms with Crippen molar-refractivity contribution in [1.82, 2.24) is 29.9 Å². The van der Waals surface area contributed by atoms with Gasteiger partial charge in [0.25, 0.3) is 0 Å². The van der Waals surface area contributed by atoms with Crippen molar-refractivity contribution in [2.24, 2.45) is 0 Å². The Bertz CT molecular complexity index is 6960. The lowest BCUT2D eigenvalue weighted by Gasteiger charge is -2.13. The Morgan fingerprint density at radius 3 is 0.851 bits per heavy atom. The van der Waals surface area contributed by atoms with Gasteiger partial charge in [0.05, 0.1) is 66.7 Å². The summed E-state index contributed by atoms with van der Waals surface area (Å²) in [4.78, 5) is 31.2. The van der Waals surface area contributed by atoms with Crippen LogP contribution in [0.25, 0.3) is 222 Å². The number of pyridine rings is 2. The molecule has 6 aromatic heterocycles. The summed E-state index contributed by atoms with van der Waals surface area (Å²) in [5.41, 5.74) is 27.6. The Labute approximate surface area is 657 Å². The molecule has 8 nitrogen and oxygen atoms in total. The summed E-state index contributed by atoms with van der Waals surface area (Å²) in [6.07, 6.45) is 0. The van der Waals surface area contributed by atoms with E-state index in [-0.39, 0.29) is 0 Å². The molecule has 0 saturated heterocycles. The minimum Gasteiger partial charge on any atom is -0.455 e. The number of rotatable bonds is 12. The average Bonchev–Trinajstić information content (AvgIpc) is 1.63. The second kappa shape index (κ2) is 28.6. The van der Waals surface area contributed by atoms with Crippen LogP contribution in [0.15, 0.2) is 409 Å². The smallest absolute Gasteiger partial charge is 0.160 e. The maximum absolute atomic E-state index is 6.78. The molecule has 22 aromatic rings. The summed E-state index contributed by atoms with van der Waals surface area (Å²) >= 11 is 0. The molecule has 0 unspecified atom stereocenters. The molecule has 114 heavy (non-hydrogen) atoms. The van der Waals surface area contributed by atoms with Gasteiger partial charge < -0.3 is 8.83 Å². The zero-order valence-electron chi connectivity index (χ0n) is 61.6. The Kier molecular flexibility index (Phi) is 16.7. The molecule has 0 spiro atoms. The van der Waals surface area contributed by atoms with Crippen LogP contribution in [0.3, 0.4) is 0 Å². The van der Waals surface area contributed by atoms with Crippen LogP contribution in [-0.4, -0.2) is 29.9 Å². The second-order valence-electron chi connectivity index (χ2n) is 28.7. The lowest BCUT2D eigenvalue weighted by Crippen LogP contribution is -1.96. The van der Waals surface area contributed by atoms with Gasteiger partial charge in [0.15, 0.2) is 11.6 Å². The molecule has 0 aliphatic heterocycles. The summed E-state index contributed by atoms with van der Waals surface area (Å²) in [6.45, 7) is 0. The van der Waals surface area contributed by atoms with Crippen LogP contribution in [0.2, 0.25) is 0 Å². The molecule has 0 aliphatic rings. The number of aromatic nitrogens is 6. The lowest BCUT2D eigenvalue weighted by molar-refractivity contribution is 0.672. The molecule has 532 valence electrons. The Hall–Kier alpha value is -15.4. The van der Waals surface area contributed by atoms with Gasteiger partial charge in [-0.05, 0) is 102 Å². The predicted molar refractivity (Wildman–Crippen MR) is 469 cm³/mol. The highest BCUT2D eigenvalue weighted by molar-refractivity contribution is 6.25. The van der Waals surface area contributed by atoms with E-state index in [0.29, 0.717) is 11.6 Å². The molecule has 0 N–H and O–H groups in total. The predicted octanol–water partition coefficient (Wildman–Crippen LogP) is 28.2. The van der Waals surface area contributed by atoms with Crippen LogP contribution in [0, 0.1) is 0 Å². The highest BCUT2D eigenvalue weighted by atomic mass is 16.3. The fraction of sp³-hybridized carbons (Fsp3) is 0. The summed E-state index contributed by atoms with van der Waals surface area (Å²) in [5.74, 6) is 1.37. The van der Waals surface area contributed by atoms with E-state index in [1.54, 1.807) is 0 Å². The van der Waals surface area contributed by atoms with Gasteiger partial charge in [-0.15, -0.1) is 0 Å². The van der Waals surface area contributed by atoms with Crippen molar-refractivity contribution in [2.45, 2.75) is 0 Å². The van der Waals surface area contributed by atoms with E-state index in [1.165, 1.54) is 27.5 Å². The topological polar surface area (TPSA) is 104 Å². The van der Waals surface area contributed by atoms with E-state index >= 15 is 0 Å². The number of hydrogen-bond acceptors (Lipinski definition) is 8. The maximum Gasteiger partial charge on any atom is 0.160 e. The zero-order valence-corrected chi connectivity index (χ0v) is 61.6. The summed E-state index contributed by atoms with van der Waals surface area (Å²) in [7, 11) is 0. The van der Waals surface area contributed by atoms with Crippen LogP contribution >= 0.6 is 0 Å². The number of nitrogens with zero attached hydrogens (tertiary/aromatic N) is 6. The van der Waals surface area contributed by atoms with E-state index in [2.05, 4.69) is 328 Å². The van der Waals surface area contributed by atoms with E-state index < -0.39 is 0 Å². The molecular formula is C106H66N6O2. The standard InChI is InChI=1S/2C53H33N3O/c1-3-13-34(14-4-1)35-25-31-40(32-26-35)53-55-46(38-16-5-2-6-17-38)33-47(56-53)39-29-27-37(28-30-39)42-21-12-23-45-49(42)52-50(44-20-9-10-24-48(44)57-52)51(54-45)43-22-11-18-36-15-7-8-19-41(36)43;1-3-13-34(14-4-1)35-25-29-38(30-26-35)46-33-47(56-53(55-46)40-16-5-2-6-17-40)39-31-27-37(28-32-39)42-21-12-23-45-49(42)52-50(44-20-9-10-24-48(44)57-52)51(54-45)43-22-11-18-36-15-7-8-19-41(36)43/h2*1-33H. The van der Waals surface area contributed by atoms with Gasteiger partial charge in [-0.25, -0.2) is 29.9 Å². The third-order valence-electron chi connectivity index (χ3n) is 21.8. The summed E-state index contributed by atoms with van der Waals surface area (Å²) in [6, 6.07) is 139. The first-order valence-electron chi connectivity index (χ1n) is 38.4. The van der Waals surface area contributed by atoms with Crippen molar-refractivity contribution in [3.63, 3.8) is 0 Å². The summed E-state index contributed by atoms with van der Waals surface area (Å²) in [5, 5.41) is 10.8. The van der Waals surface area contributed by atoms with Gasteiger partial charge in [0.1, 0.15) is 22.3 Å². The molecule has 0 aliphatic carbocycles. The first-order chi connectivity index (χ1) is 56.5. The molecule has 0 bridgehead atoms.